The quantitative estimate of drug-likeness (QED) is 0.659. The van der Waals surface area contributed by atoms with E-state index in [9.17, 15) is 14.4 Å². The van der Waals surface area contributed by atoms with Gasteiger partial charge in [0.25, 0.3) is 5.91 Å². The lowest BCUT2D eigenvalue weighted by atomic mass is 10.1. The number of anilines is 1. The van der Waals surface area contributed by atoms with E-state index < -0.39 is 12.0 Å². The minimum atomic E-state index is -0.419. The van der Waals surface area contributed by atoms with Crippen molar-refractivity contribution in [1.29, 1.82) is 0 Å². The summed E-state index contributed by atoms with van der Waals surface area (Å²) in [6.45, 7) is 8.04. The fourth-order valence-electron chi connectivity index (χ4n) is 2.62. The number of imide groups is 1. The molecule has 1 aliphatic rings. The Hall–Kier alpha value is -2.21. The lowest BCUT2D eigenvalue weighted by molar-refractivity contribution is -0.734. The van der Waals surface area contributed by atoms with Crippen molar-refractivity contribution in [2.24, 2.45) is 0 Å². The normalized spacial score (nSPS) is 18.4. The number of esters is 1. The molecule has 6 nitrogen and oxygen atoms in total. The number of nitrogens with two attached hydrogens (primary N) is 1. The Morgan fingerprint density at radius 2 is 1.87 bits per heavy atom. The Morgan fingerprint density at radius 1 is 1.26 bits per heavy atom. The zero-order valence-electron chi connectivity index (χ0n) is 14.0. The highest BCUT2D eigenvalue weighted by Gasteiger charge is 2.43. The van der Waals surface area contributed by atoms with Crippen molar-refractivity contribution in [2.75, 3.05) is 11.5 Å². The molecule has 1 aliphatic heterocycles. The first-order valence-electron chi connectivity index (χ1n) is 7.73. The molecule has 1 aromatic rings. The zero-order valence-corrected chi connectivity index (χ0v) is 14.0. The summed E-state index contributed by atoms with van der Waals surface area (Å²) in [6, 6.07) is 5.93. The predicted molar refractivity (Wildman–Crippen MR) is 85.0 cm³/mol. The van der Waals surface area contributed by atoms with E-state index in [-0.39, 0.29) is 23.8 Å². The van der Waals surface area contributed by atoms with E-state index in [4.69, 9.17) is 4.74 Å². The van der Waals surface area contributed by atoms with Gasteiger partial charge in [-0.05, 0) is 52.0 Å². The van der Waals surface area contributed by atoms with E-state index in [1.165, 1.54) is 4.90 Å². The molecule has 0 radical (unpaired) electrons. The second kappa shape index (κ2) is 6.50. The van der Waals surface area contributed by atoms with Crippen molar-refractivity contribution in [1.82, 2.24) is 0 Å². The number of carbonyl (C=O) groups is 3. The van der Waals surface area contributed by atoms with Crippen molar-refractivity contribution in [3.63, 3.8) is 0 Å². The maximum atomic E-state index is 12.5. The first-order valence-corrected chi connectivity index (χ1v) is 7.73. The van der Waals surface area contributed by atoms with E-state index in [1.807, 2.05) is 26.1 Å². The van der Waals surface area contributed by atoms with Crippen LogP contribution >= 0.6 is 0 Å². The van der Waals surface area contributed by atoms with Gasteiger partial charge in [0.2, 0.25) is 5.91 Å². The van der Waals surface area contributed by atoms with Crippen LogP contribution in [0.5, 0.6) is 0 Å². The van der Waals surface area contributed by atoms with Gasteiger partial charge in [0.1, 0.15) is 0 Å². The molecular formula is C17H23N2O4+. The van der Waals surface area contributed by atoms with Crippen LogP contribution in [-0.4, -0.2) is 36.0 Å². The van der Waals surface area contributed by atoms with Gasteiger partial charge in [-0.2, -0.15) is 0 Å². The van der Waals surface area contributed by atoms with Gasteiger partial charge in [-0.3, -0.25) is 9.59 Å². The first-order chi connectivity index (χ1) is 10.7. The Balaban J connectivity index is 2.17. The summed E-state index contributed by atoms with van der Waals surface area (Å²) in [7, 11) is 0. The monoisotopic (exact) mass is 319 g/mol. The molecule has 1 fully saturated rings. The molecule has 6 heteroatoms. The molecule has 0 aromatic heterocycles. The number of nitrogens with zero attached hydrogens (tertiary/aromatic N) is 1. The van der Waals surface area contributed by atoms with Gasteiger partial charge in [0, 0.05) is 0 Å². The second-order valence-electron chi connectivity index (χ2n) is 6.68. The Kier molecular flexibility index (Phi) is 4.85. The molecule has 0 spiro atoms. The SMILES string of the molecule is CCOC(=O)c1ccc(N2C(=O)C[C@H]([NH2+]C(C)(C)C)C2=O)cc1. The molecule has 2 amide bonds. The summed E-state index contributed by atoms with van der Waals surface area (Å²) >= 11 is 0. The van der Waals surface area contributed by atoms with Crippen LogP contribution in [0.1, 0.15) is 44.5 Å². The van der Waals surface area contributed by atoms with Crippen LogP contribution in [0.3, 0.4) is 0 Å². The minimum absolute atomic E-state index is 0.135. The third kappa shape index (κ3) is 3.96. The highest BCUT2D eigenvalue weighted by Crippen LogP contribution is 2.22. The van der Waals surface area contributed by atoms with Crippen LogP contribution in [-0.2, 0) is 14.3 Å². The standard InChI is InChI=1S/C17H22N2O4/c1-5-23-16(22)11-6-8-12(9-7-11)19-14(20)10-13(15(19)21)18-17(2,3)4/h6-9,13,18H,5,10H2,1-4H3/p+1/t13-/m0/s1. The fraction of sp³-hybridized carbons (Fsp3) is 0.471. The topological polar surface area (TPSA) is 80.3 Å². The zero-order chi connectivity index (χ0) is 17.2. The number of rotatable bonds is 4. The Bertz CT molecular complexity index is 616. The van der Waals surface area contributed by atoms with Crippen LogP contribution in [0.4, 0.5) is 5.69 Å². The van der Waals surface area contributed by atoms with Gasteiger partial charge in [-0.25, -0.2) is 9.69 Å². The van der Waals surface area contributed by atoms with Crippen LogP contribution in [0.2, 0.25) is 0 Å². The van der Waals surface area contributed by atoms with E-state index in [2.05, 4.69) is 0 Å². The second-order valence-corrected chi connectivity index (χ2v) is 6.68. The third-order valence-corrected chi connectivity index (χ3v) is 3.52. The van der Waals surface area contributed by atoms with Crippen molar-refractivity contribution >= 4 is 23.5 Å². The fourth-order valence-corrected chi connectivity index (χ4v) is 2.62. The molecule has 1 atom stereocenters. The average molecular weight is 319 g/mol. The van der Waals surface area contributed by atoms with Crippen LogP contribution in [0, 0.1) is 0 Å². The number of ether oxygens (including phenoxy) is 1. The molecular weight excluding hydrogens is 296 g/mol. The molecule has 0 aliphatic carbocycles. The van der Waals surface area contributed by atoms with Crippen LogP contribution < -0.4 is 10.2 Å². The molecule has 2 rings (SSSR count). The average Bonchev–Trinajstić information content (AvgIpc) is 2.72. The summed E-state index contributed by atoms with van der Waals surface area (Å²) in [5.74, 6) is -0.852. The molecule has 124 valence electrons. The lowest BCUT2D eigenvalue weighted by Gasteiger charge is -2.21. The van der Waals surface area contributed by atoms with Crippen LogP contribution in [0.25, 0.3) is 0 Å². The number of carbonyl (C=O) groups excluding carboxylic acids is 3. The van der Waals surface area contributed by atoms with Crippen molar-refractivity contribution in [3.05, 3.63) is 29.8 Å². The molecule has 0 unspecified atom stereocenters. The molecule has 1 aromatic carbocycles. The van der Waals surface area contributed by atoms with Gasteiger partial charge < -0.3 is 10.1 Å². The summed E-state index contributed by atoms with van der Waals surface area (Å²) in [5.41, 5.74) is 0.745. The lowest BCUT2D eigenvalue weighted by Crippen LogP contribution is -3.00. The van der Waals surface area contributed by atoms with Crippen molar-refractivity contribution in [3.8, 4) is 0 Å². The molecule has 2 N–H and O–H groups in total. The third-order valence-electron chi connectivity index (χ3n) is 3.52. The highest BCUT2D eigenvalue weighted by molar-refractivity contribution is 6.21. The summed E-state index contributed by atoms with van der Waals surface area (Å²) in [4.78, 5) is 37.5. The number of hydrogen-bond donors (Lipinski definition) is 1. The first kappa shape index (κ1) is 17.1. The number of amides is 2. The maximum Gasteiger partial charge on any atom is 0.338 e. The molecule has 1 heterocycles. The molecule has 23 heavy (non-hydrogen) atoms. The van der Waals surface area contributed by atoms with Gasteiger partial charge in [-0.15, -0.1) is 0 Å². The van der Waals surface area contributed by atoms with E-state index in [0.717, 1.165) is 0 Å². The van der Waals surface area contributed by atoms with Crippen LogP contribution in [0.15, 0.2) is 24.3 Å². The van der Waals surface area contributed by atoms with Gasteiger partial charge in [0.15, 0.2) is 6.04 Å². The molecule has 0 bridgehead atoms. The maximum absolute atomic E-state index is 12.5. The molecule has 1 saturated heterocycles. The molecule has 0 saturated carbocycles. The Morgan fingerprint density at radius 3 is 2.39 bits per heavy atom. The summed E-state index contributed by atoms with van der Waals surface area (Å²) in [6.07, 6.45) is 0.190. The van der Waals surface area contributed by atoms with Crippen molar-refractivity contribution in [2.45, 2.75) is 45.7 Å². The van der Waals surface area contributed by atoms with Gasteiger partial charge in [0.05, 0.1) is 29.8 Å². The number of benzene rings is 1. The van der Waals surface area contributed by atoms with Gasteiger partial charge in [-0.1, -0.05) is 0 Å². The smallest absolute Gasteiger partial charge is 0.338 e. The predicted octanol–water partition coefficient (Wildman–Crippen LogP) is 0.857. The van der Waals surface area contributed by atoms with E-state index in [1.54, 1.807) is 31.2 Å². The summed E-state index contributed by atoms with van der Waals surface area (Å²) in [5, 5.41) is 1.92. The summed E-state index contributed by atoms with van der Waals surface area (Å²) < 4.78 is 4.92. The number of hydrogen-bond acceptors (Lipinski definition) is 4. The minimum Gasteiger partial charge on any atom is -0.462 e. The van der Waals surface area contributed by atoms with Crippen molar-refractivity contribution < 1.29 is 24.4 Å². The Labute approximate surface area is 135 Å². The highest BCUT2D eigenvalue weighted by atomic mass is 16.5. The largest absolute Gasteiger partial charge is 0.462 e. The van der Waals surface area contributed by atoms with E-state index in [0.29, 0.717) is 17.9 Å². The number of quaternary nitrogens is 1. The van der Waals surface area contributed by atoms with Gasteiger partial charge >= 0.3 is 5.97 Å². The van der Waals surface area contributed by atoms with E-state index >= 15 is 0 Å².